The fourth-order valence-electron chi connectivity index (χ4n) is 4.53. The van der Waals surface area contributed by atoms with Crippen molar-refractivity contribution in [3.63, 3.8) is 0 Å². The van der Waals surface area contributed by atoms with Gasteiger partial charge in [-0.05, 0) is 62.1 Å². The van der Waals surface area contributed by atoms with Gasteiger partial charge in [-0.1, -0.05) is 12.2 Å². The first-order valence-electron chi connectivity index (χ1n) is 17.0. The highest BCUT2D eigenvalue weighted by Gasteiger charge is 2.91. The number of halogens is 26. The van der Waals surface area contributed by atoms with Crippen LogP contribution in [0.15, 0.2) is 61.0 Å². The minimum absolute atomic E-state index is 0.110. The summed E-state index contributed by atoms with van der Waals surface area (Å²) in [5.74, 6) is -78.5. The van der Waals surface area contributed by atoms with Crippen LogP contribution in [0.5, 0.6) is 0 Å². The molecule has 0 aliphatic carbocycles. The van der Waals surface area contributed by atoms with Crippen molar-refractivity contribution < 1.29 is 133 Å². The van der Waals surface area contributed by atoms with Crippen LogP contribution in [-0.2, 0) is 9.47 Å². The molecule has 0 saturated heterocycles. The zero-order valence-corrected chi connectivity index (χ0v) is 31.4. The highest BCUT2D eigenvalue weighted by molar-refractivity contribution is 5.92. The molecule has 0 saturated carbocycles. The molecule has 2 aromatic rings. The van der Waals surface area contributed by atoms with Crippen LogP contribution in [0.2, 0.25) is 0 Å². The molecule has 0 aromatic carbocycles. The summed E-state index contributed by atoms with van der Waals surface area (Å²) >= 11 is 0. The fraction of sp³-hybridized carbons (Fsp3) is 0.529. The predicted octanol–water partition coefficient (Wildman–Crippen LogP) is 12.6. The van der Waals surface area contributed by atoms with Crippen LogP contribution in [0.3, 0.4) is 0 Å². The van der Waals surface area contributed by atoms with Crippen molar-refractivity contribution in [2.24, 2.45) is 0 Å². The number of allylic oxidation sites excluding steroid dienone is 4. The summed E-state index contributed by atoms with van der Waals surface area (Å²) in [6.45, 7) is -1.61. The number of hydrogen-bond donors (Lipinski definition) is 0. The second kappa shape index (κ2) is 18.9. The van der Waals surface area contributed by atoms with E-state index in [2.05, 4.69) is 9.97 Å². The molecule has 0 radical (unpaired) electrons. The SMILES string of the molecule is O=C(OCCC/C=C/C(F)(F)C(F)(F)C(F)(F)C(F)(F)C(F)(F)C(F)(F)F)c1ccnc(-c2cc(C(=O)OCCC/C=C/C(F)(F)C(F)(F)C(F)(F)C(F)(F)C(F)(F)C(F)(F)F)ccn2)c1. The van der Waals surface area contributed by atoms with E-state index in [1.165, 1.54) is 0 Å². The zero-order valence-electron chi connectivity index (χ0n) is 31.4. The van der Waals surface area contributed by atoms with E-state index in [-0.39, 0.29) is 34.7 Å². The molecular formula is C34H22F26N2O4. The van der Waals surface area contributed by atoms with Crippen molar-refractivity contribution in [1.82, 2.24) is 9.97 Å². The average molecular weight is 1020 g/mol. The third-order valence-electron chi connectivity index (χ3n) is 8.32. The second-order valence-electron chi connectivity index (χ2n) is 13.1. The Morgan fingerprint density at radius 1 is 0.424 bits per heavy atom. The van der Waals surface area contributed by atoms with Gasteiger partial charge >= 0.3 is 83.5 Å². The summed E-state index contributed by atoms with van der Waals surface area (Å²) < 4.78 is 353. The fourth-order valence-corrected chi connectivity index (χ4v) is 4.53. The normalized spacial score (nSPS) is 14.9. The molecule has 0 spiro atoms. The van der Waals surface area contributed by atoms with Gasteiger partial charge in [0.25, 0.3) is 0 Å². The third-order valence-corrected chi connectivity index (χ3v) is 8.32. The molecule has 2 rings (SSSR count). The molecule has 0 aliphatic heterocycles. The Balaban J connectivity index is 2.01. The van der Waals surface area contributed by atoms with E-state index in [1.54, 1.807) is 0 Å². The standard InChI is InChI=1S/C34H22F26N2O4/c35-23(36,25(39,40)27(43,44)29(47,48)31(51,52)33(55,56)57)9-3-1-5-13-65-21(63)17-7-11-61-19(15-17)20-16-18(8-12-62-20)22(64)66-14-6-2-4-10-24(37,38)26(41,42)28(45,46)30(49,50)32(53,54)34(58,59)60/h3-4,7-12,15-16H,1-2,5-6,13-14H2/b9-3+,10-4+. The Morgan fingerprint density at radius 2 is 0.697 bits per heavy atom. The molecule has 374 valence electrons. The Bertz CT molecular complexity index is 1930. The molecule has 0 atom stereocenters. The van der Waals surface area contributed by atoms with E-state index in [0.29, 0.717) is 0 Å². The number of hydrogen-bond acceptors (Lipinski definition) is 6. The van der Waals surface area contributed by atoms with Crippen molar-refractivity contribution in [3.05, 3.63) is 72.1 Å². The van der Waals surface area contributed by atoms with E-state index in [4.69, 9.17) is 9.47 Å². The van der Waals surface area contributed by atoms with Gasteiger partial charge in [0.15, 0.2) is 0 Å². The van der Waals surface area contributed by atoms with Crippen LogP contribution in [0, 0.1) is 0 Å². The average Bonchev–Trinajstić information content (AvgIpc) is 3.18. The lowest BCUT2D eigenvalue weighted by Gasteiger charge is -2.39. The van der Waals surface area contributed by atoms with Gasteiger partial charge in [-0.25, -0.2) is 9.59 Å². The number of carbonyl (C=O) groups is 2. The van der Waals surface area contributed by atoms with E-state index < -0.39 is 135 Å². The Morgan fingerprint density at radius 3 is 0.970 bits per heavy atom. The lowest BCUT2D eigenvalue weighted by molar-refractivity contribution is -0.436. The number of carbonyl (C=O) groups excluding carboxylic acids is 2. The molecule has 32 heteroatoms. The smallest absolute Gasteiger partial charge is 0.460 e. The van der Waals surface area contributed by atoms with Gasteiger partial charge < -0.3 is 9.47 Å². The Hall–Kier alpha value is -5.10. The number of nitrogens with zero attached hydrogens (tertiary/aromatic N) is 2. The quantitative estimate of drug-likeness (QED) is 0.0537. The largest absolute Gasteiger partial charge is 0.462 e. The van der Waals surface area contributed by atoms with Crippen molar-refractivity contribution in [3.8, 4) is 11.4 Å². The minimum Gasteiger partial charge on any atom is -0.462 e. The number of unbranched alkanes of at least 4 members (excludes halogenated alkanes) is 2. The van der Waals surface area contributed by atoms with E-state index in [9.17, 15) is 124 Å². The summed E-state index contributed by atoms with van der Waals surface area (Å²) in [5, 5.41) is 0. The van der Waals surface area contributed by atoms with Crippen LogP contribution in [0.25, 0.3) is 11.4 Å². The van der Waals surface area contributed by atoms with E-state index in [1.807, 2.05) is 0 Å². The van der Waals surface area contributed by atoms with Crippen molar-refractivity contribution >= 4 is 11.9 Å². The monoisotopic (exact) mass is 1020 g/mol. The summed E-state index contributed by atoms with van der Waals surface area (Å²) in [4.78, 5) is 32.6. The summed E-state index contributed by atoms with van der Waals surface area (Å²) in [5.41, 5.74) is -1.23. The van der Waals surface area contributed by atoms with Crippen molar-refractivity contribution in [2.45, 2.75) is 97.3 Å². The van der Waals surface area contributed by atoms with Crippen LogP contribution in [-0.4, -0.2) is 107 Å². The van der Waals surface area contributed by atoms with Crippen LogP contribution >= 0.6 is 0 Å². The summed E-state index contributed by atoms with van der Waals surface area (Å²) in [7, 11) is 0. The zero-order chi connectivity index (χ0) is 51.6. The molecule has 2 aromatic heterocycles. The highest BCUT2D eigenvalue weighted by Crippen LogP contribution is 2.62. The minimum atomic E-state index is -8.08. The lowest BCUT2D eigenvalue weighted by atomic mass is 9.93. The van der Waals surface area contributed by atoms with Crippen molar-refractivity contribution in [1.29, 1.82) is 0 Å². The second-order valence-corrected chi connectivity index (χ2v) is 13.1. The predicted molar refractivity (Wildman–Crippen MR) is 166 cm³/mol. The molecule has 0 unspecified atom stereocenters. The molecule has 6 nitrogen and oxygen atoms in total. The first-order chi connectivity index (χ1) is 29.4. The highest BCUT2D eigenvalue weighted by atomic mass is 19.4. The van der Waals surface area contributed by atoms with Gasteiger partial charge in [-0.3, -0.25) is 9.97 Å². The van der Waals surface area contributed by atoms with Gasteiger partial charge in [-0.2, -0.15) is 114 Å². The van der Waals surface area contributed by atoms with E-state index >= 15 is 0 Å². The Kier molecular flexibility index (Phi) is 16.3. The van der Waals surface area contributed by atoms with Gasteiger partial charge in [0.1, 0.15) is 0 Å². The maximum Gasteiger partial charge on any atom is 0.460 e. The van der Waals surface area contributed by atoms with E-state index in [0.717, 1.165) is 36.7 Å². The molecule has 0 amide bonds. The topological polar surface area (TPSA) is 78.4 Å². The van der Waals surface area contributed by atoms with Gasteiger partial charge in [0, 0.05) is 12.4 Å². The number of aromatic nitrogens is 2. The number of esters is 2. The molecular weight excluding hydrogens is 994 g/mol. The van der Waals surface area contributed by atoms with Crippen LogP contribution in [0.1, 0.15) is 46.4 Å². The Labute approximate surface area is 349 Å². The maximum atomic E-state index is 13.9. The third kappa shape index (κ3) is 10.5. The van der Waals surface area contributed by atoms with Gasteiger partial charge in [0.05, 0.1) is 35.7 Å². The van der Waals surface area contributed by atoms with Gasteiger partial charge in [-0.15, -0.1) is 0 Å². The lowest BCUT2D eigenvalue weighted by Crippen LogP contribution is -2.69. The molecule has 2 heterocycles. The van der Waals surface area contributed by atoms with Gasteiger partial charge in [0.2, 0.25) is 0 Å². The molecule has 0 bridgehead atoms. The first kappa shape index (κ1) is 57.0. The van der Waals surface area contributed by atoms with Crippen LogP contribution < -0.4 is 0 Å². The maximum absolute atomic E-state index is 13.9. The molecule has 66 heavy (non-hydrogen) atoms. The summed E-state index contributed by atoms with van der Waals surface area (Å²) in [6.07, 6.45) is -19.0. The number of alkyl halides is 26. The number of ether oxygens (including phenoxy) is 2. The number of rotatable bonds is 21. The van der Waals surface area contributed by atoms with Crippen molar-refractivity contribution in [2.75, 3.05) is 13.2 Å². The molecule has 0 fully saturated rings. The molecule has 0 aliphatic rings. The molecule has 0 N–H and O–H groups in total. The number of pyridine rings is 2. The first-order valence-corrected chi connectivity index (χ1v) is 17.0. The van der Waals surface area contributed by atoms with Crippen LogP contribution in [0.4, 0.5) is 114 Å². The summed E-state index contributed by atoms with van der Waals surface area (Å²) in [6, 6.07) is 3.82.